The highest BCUT2D eigenvalue weighted by Crippen LogP contribution is 2.33. The Kier molecular flexibility index (Phi) is 5.21. The van der Waals surface area contributed by atoms with Gasteiger partial charge in [-0.25, -0.2) is 5.43 Å². The van der Waals surface area contributed by atoms with E-state index in [0.717, 1.165) is 31.4 Å². The number of hydrazine groups is 1. The molecule has 5 heteroatoms. The first-order valence-electron chi connectivity index (χ1n) is 6.12. The number of ether oxygens (including phenoxy) is 1. The number of halogens is 2. The van der Waals surface area contributed by atoms with E-state index in [9.17, 15) is 0 Å². The predicted octanol–water partition coefficient (Wildman–Crippen LogP) is 4.08. The van der Waals surface area contributed by atoms with E-state index in [0.29, 0.717) is 0 Å². The minimum Gasteiger partial charge on any atom is -0.497 e. The zero-order valence-electron chi connectivity index (χ0n) is 11.3. The third kappa shape index (κ3) is 3.23. The monoisotopic (exact) mass is 398 g/mol. The number of nitrogens with one attached hydrogen (secondary N) is 1. The Balaban J connectivity index is 2.49. The minimum absolute atomic E-state index is 0.0900. The molecule has 3 nitrogen and oxygen atoms in total. The van der Waals surface area contributed by atoms with E-state index in [-0.39, 0.29) is 6.04 Å². The van der Waals surface area contributed by atoms with Crippen LogP contribution in [0.15, 0.2) is 45.3 Å². The molecule has 0 aliphatic heterocycles. The topological polar surface area (TPSA) is 47.3 Å². The van der Waals surface area contributed by atoms with Crippen molar-refractivity contribution in [1.29, 1.82) is 0 Å². The SMILES string of the molecule is COc1ccc(C(NN)c2cc(Br)ccc2Br)c(C)c1. The van der Waals surface area contributed by atoms with Gasteiger partial charge in [-0.05, 0) is 53.9 Å². The molecule has 0 bridgehead atoms. The predicted molar refractivity (Wildman–Crippen MR) is 88.7 cm³/mol. The maximum absolute atomic E-state index is 5.78. The van der Waals surface area contributed by atoms with Crippen LogP contribution in [0, 0.1) is 6.92 Å². The normalized spacial score (nSPS) is 12.2. The van der Waals surface area contributed by atoms with Gasteiger partial charge in [-0.3, -0.25) is 5.84 Å². The maximum Gasteiger partial charge on any atom is 0.119 e. The Morgan fingerprint density at radius 3 is 2.45 bits per heavy atom. The molecule has 2 rings (SSSR count). The van der Waals surface area contributed by atoms with Gasteiger partial charge in [0.15, 0.2) is 0 Å². The lowest BCUT2D eigenvalue weighted by Crippen LogP contribution is -2.29. The van der Waals surface area contributed by atoms with Crippen LogP contribution in [0.25, 0.3) is 0 Å². The van der Waals surface area contributed by atoms with Gasteiger partial charge in [-0.15, -0.1) is 0 Å². The molecule has 0 radical (unpaired) electrons. The molecule has 1 unspecified atom stereocenters. The van der Waals surface area contributed by atoms with Gasteiger partial charge in [0.05, 0.1) is 13.2 Å². The fourth-order valence-electron chi connectivity index (χ4n) is 2.18. The summed E-state index contributed by atoms with van der Waals surface area (Å²) in [6.45, 7) is 2.05. The largest absolute Gasteiger partial charge is 0.497 e. The summed E-state index contributed by atoms with van der Waals surface area (Å²) in [6.07, 6.45) is 0. The Hall–Kier alpha value is -0.880. The molecular formula is C15H16Br2N2O. The number of aryl methyl sites for hydroxylation is 1. The van der Waals surface area contributed by atoms with Crippen molar-refractivity contribution in [2.45, 2.75) is 13.0 Å². The fourth-order valence-corrected chi connectivity index (χ4v) is 3.04. The zero-order chi connectivity index (χ0) is 14.7. The molecule has 1 atom stereocenters. The van der Waals surface area contributed by atoms with Crippen LogP contribution in [-0.4, -0.2) is 7.11 Å². The summed E-state index contributed by atoms with van der Waals surface area (Å²) in [5, 5.41) is 0. The van der Waals surface area contributed by atoms with Crippen LogP contribution in [0.4, 0.5) is 0 Å². The molecule has 20 heavy (non-hydrogen) atoms. The van der Waals surface area contributed by atoms with Crippen molar-refractivity contribution in [3.8, 4) is 5.75 Å². The first-order chi connectivity index (χ1) is 9.56. The number of rotatable bonds is 4. The summed E-state index contributed by atoms with van der Waals surface area (Å²) in [6, 6.07) is 11.9. The quantitative estimate of drug-likeness (QED) is 0.601. The first kappa shape index (κ1) is 15.5. The Labute approximate surface area is 135 Å². The van der Waals surface area contributed by atoms with Gasteiger partial charge in [0.2, 0.25) is 0 Å². The van der Waals surface area contributed by atoms with E-state index >= 15 is 0 Å². The highest BCUT2D eigenvalue weighted by Gasteiger charge is 2.18. The average molecular weight is 400 g/mol. The third-order valence-electron chi connectivity index (χ3n) is 3.22. The highest BCUT2D eigenvalue weighted by atomic mass is 79.9. The summed E-state index contributed by atoms with van der Waals surface area (Å²) in [5.74, 6) is 6.62. The maximum atomic E-state index is 5.78. The van der Waals surface area contributed by atoms with Crippen LogP contribution in [0.2, 0.25) is 0 Å². The first-order valence-corrected chi connectivity index (χ1v) is 7.71. The van der Waals surface area contributed by atoms with Crippen LogP contribution in [0.5, 0.6) is 5.75 Å². The third-order valence-corrected chi connectivity index (χ3v) is 4.44. The van der Waals surface area contributed by atoms with Crippen molar-refractivity contribution in [3.63, 3.8) is 0 Å². The van der Waals surface area contributed by atoms with Crippen molar-refractivity contribution in [3.05, 3.63) is 62.0 Å². The van der Waals surface area contributed by atoms with Gasteiger partial charge >= 0.3 is 0 Å². The van der Waals surface area contributed by atoms with E-state index in [1.807, 2.05) is 37.3 Å². The van der Waals surface area contributed by atoms with E-state index in [1.54, 1.807) is 7.11 Å². The van der Waals surface area contributed by atoms with Crippen LogP contribution < -0.4 is 16.0 Å². The van der Waals surface area contributed by atoms with Crippen LogP contribution in [0.1, 0.15) is 22.7 Å². The number of hydrogen-bond acceptors (Lipinski definition) is 3. The molecule has 0 amide bonds. The second kappa shape index (κ2) is 6.72. The lowest BCUT2D eigenvalue weighted by molar-refractivity contribution is 0.414. The summed E-state index contributed by atoms with van der Waals surface area (Å²) in [4.78, 5) is 0. The molecule has 0 fully saturated rings. The summed E-state index contributed by atoms with van der Waals surface area (Å²) < 4.78 is 7.27. The molecule has 106 valence electrons. The fraction of sp³-hybridized carbons (Fsp3) is 0.200. The molecule has 0 heterocycles. The van der Waals surface area contributed by atoms with Gasteiger partial charge in [-0.2, -0.15) is 0 Å². The lowest BCUT2D eigenvalue weighted by atomic mass is 9.95. The Morgan fingerprint density at radius 1 is 1.10 bits per heavy atom. The Bertz CT molecular complexity index is 617. The minimum atomic E-state index is -0.0900. The summed E-state index contributed by atoms with van der Waals surface area (Å²) in [7, 11) is 1.66. The number of nitrogens with two attached hydrogens (primary N) is 1. The van der Waals surface area contributed by atoms with E-state index in [1.165, 1.54) is 0 Å². The molecule has 0 spiro atoms. The van der Waals surface area contributed by atoms with Gasteiger partial charge in [0.25, 0.3) is 0 Å². The van der Waals surface area contributed by atoms with Crippen LogP contribution in [-0.2, 0) is 0 Å². The van der Waals surface area contributed by atoms with Gasteiger partial charge in [0.1, 0.15) is 5.75 Å². The van der Waals surface area contributed by atoms with Gasteiger partial charge in [-0.1, -0.05) is 37.9 Å². The standard InChI is InChI=1S/C15H16Br2N2O/c1-9-7-11(20-2)4-5-12(9)15(19-18)13-8-10(16)3-6-14(13)17/h3-8,15,19H,18H2,1-2H3. The molecule has 0 aliphatic carbocycles. The highest BCUT2D eigenvalue weighted by molar-refractivity contribution is 9.11. The van der Waals surface area contributed by atoms with Gasteiger partial charge < -0.3 is 4.74 Å². The molecular weight excluding hydrogens is 384 g/mol. The summed E-state index contributed by atoms with van der Waals surface area (Å²) in [5.41, 5.74) is 6.21. The molecule has 0 saturated carbocycles. The number of hydrogen-bond donors (Lipinski definition) is 2. The molecule has 0 saturated heterocycles. The zero-order valence-corrected chi connectivity index (χ0v) is 14.5. The van der Waals surface area contributed by atoms with Crippen molar-refractivity contribution >= 4 is 31.9 Å². The summed E-state index contributed by atoms with van der Waals surface area (Å²) >= 11 is 7.08. The molecule has 2 aromatic rings. The van der Waals surface area contributed by atoms with Crippen molar-refractivity contribution in [2.24, 2.45) is 5.84 Å². The lowest BCUT2D eigenvalue weighted by Gasteiger charge is -2.21. The van der Waals surface area contributed by atoms with Crippen molar-refractivity contribution in [1.82, 2.24) is 5.43 Å². The second-order valence-corrected chi connectivity index (χ2v) is 6.26. The smallest absolute Gasteiger partial charge is 0.119 e. The molecule has 3 N–H and O–H groups in total. The number of benzene rings is 2. The molecule has 0 aliphatic rings. The van der Waals surface area contributed by atoms with E-state index in [2.05, 4.69) is 43.4 Å². The van der Waals surface area contributed by atoms with Crippen LogP contribution in [0.3, 0.4) is 0 Å². The number of methoxy groups -OCH3 is 1. The van der Waals surface area contributed by atoms with Gasteiger partial charge in [0, 0.05) is 8.95 Å². The molecule has 0 aromatic heterocycles. The Morgan fingerprint density at radius 2 is 1.85 bits per heavy atom. The van der Waals surface area contributed by atoms with E-state index in [4.69, 9.17) is 10.6 Å². The van der Waals surface area contributed by atoms with Crippen LogP contribution >= 0.6 is 31.9 Å². The van der Waals surface area contributed by atoms with E-state index < -0.39 is 0 Å². The van der Waals surface area contributed by atoms with Crippen molar-refractivity contribution < 1.29 is 4.74 Å². The van der Waals surface area contributed by atoms with Crippen molar-refractivity contribution in [2.75, 3.05) is 7.11 Å². The second-order valence-electron chi connectivity index (χ2n) is 4.49. The molecule has 2 aromatic carbocycles. The average Bonchev–Trinajstić information content (AvgIpc) is 2.44.